The molecule has 3 aliphatic rings. The summed E-state index contributed by atoms with van der Waals surface area (Å²) in [6, 6.07) is 0.646. The van der Waals surface area contributed by atoms with Gasteiger partial charge in [0.05, 0.1) is 24.9 Å². The minimum absolute atomic E-state index is 0.356. The Morgan fingerprint density at radius 1 is 0.920 bits per heavy atom. The van der Waals surface area contributed by atoms with E-state index in [0.717, 1.165) is 6.61 Å². The maximum absolute atomic E-state index is 5.79. The number of likely N-dealkylation sites (tertiary alicyclic amines) is 1. The average Bonchev–Trinajstić information content (AvgIpc) is 3.19. The van der Waals surface area contributed by atoms with E-state index in [9.17, 15) is 0 Å². The van der Waals surface area contributed by atoms with Crippen LogP contribution in [0.2, 0.25) is 0 Å². The van der Waals surface area contributed by atoms with Crippen LogP contribution in [-0.4, -0.2) is 73.0 Å². The van der Waals surface area contributed by atoms with Gasteiger partial charge in [-0.1, -0.05) is 0 Å². The van der Waals surface area contributed by atoms with Gasteiger partial charge in [0.2, 0.25) is 0 Å². The first-order valence-corrected chi connectivity index (χ1v) is 10.6. The molecule has 25 heavy (non-hydrogen) atoms. The van der Waals surface area contributed by atoms with E-state index in [1.807, 2.05) is 0 Å². The van der Waals surface area contributed by atoms with Crippen molar-refractivity contribution in [1.82, 2.24) is 9.80 Å². The van der Waals surface area contributed by atoms with Crippen LogP contribution in [0.15, 0.2) is 0 Å². The molecule has 0 N–H and O–H groups in total. The number of hydrogen-bond acceptors (Lipinski definition) is 4. The molecule has 2 unspecified atom stereocenters. The minimum Gasteiger partial charge on any atom is -0.377 e. The zero-order valence-corrected chi connectivity index (χ0v) is 17.6. The highest BCUT2D eigenvalue weighted by Crippen LogP contribution is 2.39. The quantitative estimate of drug-likeness (QED) is 0.721. The van der Waals surface area contributed by atoms with Crippen molar-refractivity contribution in [1.29, 1.82) is 0 Å². The Morgan fingerprint density at radius 3 is 2.04 bits per heavy atom. The smallest absolute Gasteiger partial charge is 0.0705 e. The van der Waals surface area contributed by atoms with E-state index in [1.54, 1.807) is 0 Å². The Balaban J connectivity index is 0.000000181. The first kappa shape index (κ1) is 21.1. The molecule has 3 rings (SSSR count). The Labute approximate surface area is 156 Å². The van der Waals surface area contributed by atoms with Gasteiger partial charge in [-0.15, -0.1) is 0 Å². The van der Waals surface area contributed by atoms with Crippen molar-refractivity contribution in [3.05, 3.63) is 0 Å². The molecule has 0 saturated carbocycles. The molecule has 4 nitrogen and oxygen atoms in total. The van der Waals surface area contributed by atoms with Gasteiger partial charge in [-0.3, -0.25) is 4.90 Å². The third kappa shape index (κ3) is 5.92. The summed E-state index contributed by atoms with van der Waals surface area (Å²) in [5.41, 5.74) is 0.449. The zero-order chi connectivity index (χ0) is 18.4. The Morgan fingerprint density at radius 2 is 1.56 bits per heavy atom. The van der Waals surface area contributed by atoms with Crippen molar-refractivity contribution in [3.63, 3.8) is 0 Å². The first-order chi connectivity index (χ1) is 11.8. The van der Waals surface area contributed by atoms with Gasteiger partial charge in [-0.2, -0.15) is 0 Å². The molecular weight excluding hydrogens is 312 g/mol. The Kier molecular flexibility index (Phi) is 8.19. The normalized spacial score (nSPS) is 27.6. The molecule has 0 radical (unpaired) electrons. The highest BCUT2D eigenvalue weighted by molar-refractivity contribution is 5.00. The number of nitrogens with zero attached hydrogens (tertiary/aromatic N) is 2. The highest BCUT2D eigenvalue weighted by atomic mass is 16.5. The van der Waals surface area contributed by atoms with E-state index in [4.69, 9.17) is 9.47 Å². The average molecular weight is 355 g/mol. The molecule has 0 aromatic heterocycles. The van der Waals surface area contributed by atoms with Gasteiger partial charge in [0.25, 0.3) is 0 Å². The van der Waals surface area contributed by atoms with Crippen molar-refractivity contribution in [2.45, 2.75) is 103 Å². The molecule has 3 fully saturated rings. The molecule has 0 spiro atoms. The SMILES string of the molecule is CC(C)OC(C)C1CCCN1C.CC(C)OCC12CCCN1CCC2. The van der Waals surface area contributed by atoms with Gasteiger partial charge in [0.15, 0.2) is 0 Å². The fourth-order valence-corrected chi connectivity index (χ4v) is 4.83. The summed E-state index contributed by atoms with van der Waals surface area (Å²) in [5.74, 6) is 0. The summed E-state index contributed by atoms with van der Waals surface area (Å²) in [4.78, 5) is 5.06. The fourth-order valence-electron chi connectivity index (χ4n) is 4.83. The molecule has 3 heterocycles. The topological polar surface area (TPSA) is 24.9 Å². The monoisotopic (exact) mass is 354 g/mol. The first-order valence-electron chi connectivity index (χ1n) is 10.6. The van der Waals surface area contributed by atoms with Crippen molar-refractivity contribution in [2.24, 2.45) is 0 Å². The van der Waals surface area contributed by atoms with E-state index < -0.39 is 0 Å². The molecule has 0 bridgehead atoms. The van der Waals surface area contributed by atoms with Gasteiger partial charge in [-0.05, 0) is 99.8 Å². The maximum atomic E-state index is 5.79. The van der Waals surface area contributed by atoms with Crippen LogP contribution in [0.3, 0.4) is 0 Å². The molecule has 3 aliphatic heterocycles. The number of likely N-dealkylation sites (N-methyl/N-ethyl adjacent to an activating group) is 1. The third-order valence-corrected chi connectivity index (χ3v) is 6.10. The molecule has 0 aromatic rings. The van der Waals surface area contributed by atoms with E-state index in [0.29, 0.717) is 29.9 Å². The summed E-state index contributed by atoms with van der Waals surface area (Å²) < 4.78 is 11.6. The second-order valence-corrected chi connectivity index (χ2v) is 8.86. The van der Waals surface area contributed by atoms with E-state index in [-0.39, 0.29) is 0 Å². The molecule has 0 amide bonds. The van der Waals surface area contributed by atoms with Crippen LogP contribution in [0.4, 0.5) is 0 Å². The largest absolute Gasteiger partial charge is 0.377 e. The van der Waals surface area contributed by atoms with E-state index in [2.05, 4.69) is 51.5 Å². The molecule has 4 heteroatoms. The van der Waals surface area contributed by atoms with Crippen molar-refractivity contribution >= 4 is 0 Å². The lowest BCUT2D eigenvalue weighted by Gasteiger charge is -2.32. The lowest BCUT2D eigenvalue weighted by atomic mass is 9.95. The molecule has 0 aliphatic carbocycles. The van der Waals surface area contributed by atoms with Gasteiger partial charge in [0, 0.05) is 11.6 Å². The van der Waals surface area contributed by atoms with E-state index >= 15 is 0 Å². The summed E-state index contributed by atoms with van der Waals surface area (Å²) in [6.07, 6.45) is 9.23. The number of ether oxygens (including phenoxy) is 2. The van der Waals surface area contributed by atoms with Crippen LogP contribution in [0, 0.1) is 0 Å². The number of hydrogen-bond donors (Lipinski definition) is 0. The van der Waals surface area contributed by atoms with Crippen molar-refractivity contribution in [2.75, 3.05) is 33.3 Å². The summed E-state index contributed by atoms with van der Waals surface area (Å²) in [6.45, 7) is 15.5. The van der Waals surface area contributed by atoms with E-state index in [1.165, 1.54) is 58.2 Å². The van der Waals surface area contributed by atoms with Gasteiger partial charge < -0.3 is 14.4 Å². The van der Waals surface area contributed by atoms with Crippen LogP contribution >= 0.6 is 0 Å². The second-order valence-electron chi connectivity index (χ2n) is 8.86. The predicted molar refractivity (Wildman–Crippen MR) is 105 cm³/mol. The summed E-state index contributed by atoms with van der Waals surface area (Å²) in [5, 5.41) is 0. The van der Waals surface area contributed by atoms with Crippen LogP contribution < -0.4 is 0 Å². The lowest BCUT2D eigenvalue weighted by molar-refractivity contribution is -0.0201. The summed E-state index contributed by atoms with van der Waals surface area (Å²) >= 11 is 0. The fraction of sp³-hybridized carbons (Fsp3) is 1.00. The standard InChI is InChI=1S/C11H21NO.C10H21NO/c1-10(2)13-9-11-5-3-7-12(11)8-4-6-11;1-8(2)12-9(3)10-6-5-7-11(10)4/h10H,3-9H2,1-2H3;8-10H,5-7H2,1-4H3. The molecular formula is C21H42N2O2. The minimum atomic E-state index is 0.356. The lowest BCUT2D eigenvalue weighted by Crippen LogP contribution is -2.43. The van der Waals surface area contributed by atoms with Crippen LogP contribution in [0.25, 0.3) is 0 Å². The second kappa shape index (κ2) is 9.68. The molecule has 3 saturated heterocycles. The Hall–Kier alpha value is -0.160. The van der Waals surface area contributed by atoms with Gasteiger partial charge in [0.1, 0.15) is 0 Å². The predicted octanol–water partition coefficient (Wildman–Crippen LogP) is 3.93. The summed E-state index contributed by atoms with van der Waals surface area (Å²) in [7, 11) is 2.19. The van der Waals surface area contributed by atoms with Crippen molar-refractivity contribution in [3.8, 4) is 0 Å². The zero-order valence-electron chi connectivity index (χ0n) is 17.6. The van der Waals surface area contributed by atoms with Gasteiger partial charge in [-0.25, -0.2) is 0 Å². The maximum Gasteiger partial charge on any atom is 0.0705 e. The number of rotatable bonds is 6. The van der Waals surface area contributed by atoms with Crippen molar-refractivity contribution < 1.29 is 9.47 Å². The van der Waals surface area contributed by atoms with Crippen LogP contribution in [0.5, 0.6) is 0 Å². The van der Waals surface area contributed by atoms with Crippen LogP contribution in [0.1, 0.15) is 73.1 Å². The highest BCUT2D eigenvalue weighted by Gasteiger charge is 2.44. The molecule has 148 valence electrons. The molecule has 0 aromatic carbocycles. The molecule has 2 atom stereocenters. The van der Waals surface area contributed by atoms with Crippen LogP contribution in [-0.2, 0) is 9.47 Å². The third-order valence-electron chi connectivity index (χ3n) is 6.10. The number of fused-ring (bicyclic) bond motifs is 1. The van der Waals surface area contributed by atoms with Gasteiger partial charge >= 0.3 is 0 Å². The Bertz CT molecular complexity index is 376.